The Morgan fingerprint density at radius 1 is 1.50 bits per heavy atom. The van der Waals surface area contributed by atoms with Gasteiger partial charge in [-0.2, -0.15) is 0 Å². The van der Waals surface area contributed by atoms with E-state index in [1.54, 1.807) is 6.92 Å². The number of rotatable bonds is 3. The Bertz CT molecular complexity index is 290. The van der Waals surface area contributed by atoms with Crippen LogP contribution in [0.1, 0.15) is 6.92 Å². The number of carboxylic acids is 1. The Hall–Kier alpha value is -1.36. The van der Waals surface area contributed by atoms with Crippen molar-refractivity contribution in [2.75, 3.05) is 26.7 Å². The highest BCUT2D eigenvalue weighted by Gasteiger charge is 2.19. The Balaban J connectivity index is 2.60. The molecule has 1 saturated heterocycles. The number of nitrogens with zero attached hydrogens (tertiary/aromatic N) is 1. The molecule has 0 aromatic rings. The summed E-state index contributed by atoms with van der Waals surface area (Å²) >= 11 is 0. The maximum Gasteiger partial charge on any atom is 0.323 e. The van der Waals surface area contributed by atoms with E-state index in [1.165, 1.54) is 11.9 Å². The summed E-state index contributed by atoms with van der Waals surface area (Å²) in [7, 11) is 1.49. The quantitative estimate of drug-likeness (QED) is 0.597. The Kier molecular flexibility index (Phi) is 3.24. The van der Waals surface area contributed by atoms with E-state index in [4.69, 9.17) is 5.11 Å². The van der Waals surface area contributed by atoms with Gasteiger partial charge in [-0.05, 0) is 12.5 Å². The summed E-state index contributed by atoms with van der Waals surface area (Å²) in [6.07, 6.45) is 0. The zero-order valence-electron chi connectivity index (χ0n) is 8.33. The lowest BCUT2D eigenvalue weighted by atomic mass is 10.0. The molecule has 0 saturated carbocycles. The van der Waals surface area contributed by atoms with Crippen LogP contribution in [0.15, 0.2) is 11.1 Å². The second kappa shape index (κ2) is 4.23. The molecule has 0 unspecified atom stereocenters. The Morgan fingerprint density at radius 3 is 2.43 bits per heavy atom. The van der Waals surface area contributed by atoms with Crippen molar-refractivity contribution >= 4 is 11.9 Å². The molecule has 1 amide bonds. The van der Waals surface area contributed by atoms with Gasteiger partial charge in [0.1, 0.15) is 6.54 Å². The molecular formula is C9H14N2O3. The third-order valence-corrected chi connectivity index (χ3v) is 2.25. The van der Waals surface area contributed by atoms with Gasteiger partial charge >= 0.3 is 5.97 Å². The maximum atomic E-state index is 11.6. The molecule has 1 aliphatic heterocycles. The summed E-state index contributed by atoms with van der Waals surface area (Å²) in [4.78, 5) is 23.2. The third-order valence-electron chi connectivity index (χ3n) is 2.25. The molecule has 0 radical (unpaired) electrons. The van der Waals surface area contributed by atoms with Gasteiger partial charge in [0, 0.05) is 25.7 Å². The highest BCUT2D eigenvalue weighted by atomic mass is 16.4. The lowest BCUT2D eigenvalue weighted by Crippen LogP contribution is -2.39. The zero-order chi connectivity index (χ0) is 10.7. The zero-order valence-corrected chi connectivity index (χ0v) is 8.33. The van der Waals surface area contributed by atoms with Crippen LogP contribution < -0.4 is 5.32 Å². The van der Waals surface area contributed by atoms with Gasteiger partial charge in [-0.25, -0.2) is 0 Å². The number of nitrogens with one attached hydrogen (secondary N) is 1. The van der Waals surface area contributed by atoms with E-state index >= 15 is 0 Å². The van der Waals surface area contributed by atoms with Crippen molar-refractivity contribution in [2.45, 2.75) is 6.92 Å². The molecule has 1 rings (SSSR count). The highest BCUT2D eigenvalue weighted by Crippen LogP contribution is 2.10. The summed E-state index contributed by atoms with van der Waals surface area (Å²) in [5, 5.41) is 11.5. The fourth-order valence-corrected chi connectivity index (χ4v) is 1.23. The van der Waals surface area contributed by atoms with Crippen molar-refractivity contribution in [3.05, 3.63) is 11.1 Å². The van der Waals surface area contributed by atoms with Crippen molar-refractivity contribution in [1.29, 1.82) is 0 Å². The lowest BCUT2D eigenvalue weighted by Gasteiger charge is -2.23. The smallest absolute Gasteiger partial charge is 0.323 e. The number of carboxylic acid groups (broad SMARTS) is 1. The molecule has 0 spiro atoms. The average Bonchev–Trinajstić information content (AvgIpc) is 1.98. The lowest BCUT2D eigenvalue weighted by molar-refractivity contribution is -0.142. The topological polar surface area (TPSA) is 69.6 Å². The van der Waals surface area contributed by atoms with Crippen molar-refractivity contribution in [2.24, 2.45) is 0 Å². The second-order valence-electron chi connectivity index (χ2n) is 3.39. The molecule has 2 N–H and O–H groups in total. The molecule has 0 aromatic carbocycles. The average molecular weight is 198 g/mol. The van der Waals surface area contributed by atoms with Gasteiger partial charge in [0.15, 0.2) is 0 Å². The van der Waals surface area contributed by atoms with E-state index in [0.29, 0.717) is 5.57 Å². The van der Waals surface area contributed by atoms with Gasteiger partial charge in [0.2, 0.25) is 5.91 Å². The van der Waals surface area contributed by atoms with Crippen molar-refractivity contribution in [3.63, 3.8) is 0 Å². The van der Waals surface area contributed by atoms with Crippen LogP contribution >= 0.6 is 0 Å². The maximum absolute atomic E-state index is 11.6. The predicted molar refractivity (Wildman–Crippen MR) is 50.8 cm³/mol. The van der Waals surface area contributed by atoms with E-state index in [9.17, 15) is 9.59 Å². The van der Waals surface area contributed by atoms with Gasteiger partial charge in [0.25, 0.3) is 0 Å². The standard InChI is InChI=1S/C9H14N2O3/c1-6(7-3-10-4-7)9(14)11(2)5-8(12)13/h10H,3-5H2,1-2H3,(H,12,13). The largest absolute Gasteiger partial charge is 0.480 e. The summed E-state index contributed by atoms with van der Waals surface area (Å²) in [5.41, 5.74) is 1.72. The number of carbonyl (C=O) groups is 2. The summed E-state index contributed by atoms with van der Waals surface area (Å²) in [5.74, 6) is -1.20. The first-order chi connectivity index (χ1) is 6.52. The van der Waals surface area contributed by atoms with Crippen LogP contribution in [0.4, 0.5) is 0 Å². The number of carbonyl (C=O) groups excluding carboxylic acids is 1. The monoisotopic (exact) mass is 198 g/mol. The molecule has 5 nitrogen and oxygen atoms in total. The van der Waals surface area contributed by atoms with Crippen molar-refractivity contribution in [1.82, 2.24) is 10.2 Å². The Morgan fingerprint density at radius 2 is 2.07 bits per heavy atom. The first-order valence-electron chi connectivity index (χ1n) is 4.39. The number of hydrogen-bond donors (Lipinski definition) is 2. The molecule has 0 aliphatic carbocycles. The van der Waals surface area contributed by atoms with Gasteiger partial charge in [0.05, 0.1) is 0 Å². The van der Waals surface area contributed by atoms with E-state index in [-0.39, 0.29) is 12.5 Å². The number of likely N-dealkylation sites (N-methyl/N-ethyl adjacent to an activating group) is 1. The highest BCUT2D eigenvalue weighted by molar-refractivity contribution is 5.95. The van der Waals surface area contributed by atoms with Crippen LogP contribution in [0.5, 0.6) is 0 Å². The van der Waals surface area contributed by atoms with E-state index in [0.717, 1.165) is 18.7 Å². The minimum atomic E-state index is -0.995. The second-order valence-corrected chi connectivity index (χ2v) is 3.39. The molecule has 78 valence electrons. The van der Waals surface area contributed by atoms with Crippen LogP contribution in [0.2, 0.25) is 0 Å². The third kappa shape index (κ3) is 2.32. The fourth-order valence-electron chi connectivity index (χ4n) is 1.23. The molecule has 0 aromatic heterocycles. The van der Waals surface area contributed by atoms with Gasteiger partial charge in [-0.3, -0.25) is 9.59 Å². The van der Waals surface area contributed by atoms with Crippen molar-refractivity contribution in [3.8, 4) is 0 Å². The first kappa shape index (κ1) is 10.7. The van der Waals surface area contributed by atoms with E-state index in [1.807, 2.05) is 0 Å². The van der Waals surface area contributed by atoms with Crippen LogP contribution in [0.25, 0.3) is 0 Å². The number of aliphatic carboxylic acids is 1. The van der Waals surface area contributed by atoms with E-state index < -0.39 is 5.97 Å². The summed E-state index contributed by atoms with van der Waals surface area (Å²) in [6, 6.07) is 0. The van der Waals surface area contributed by atoms with Crippen LogP contribution in [-0.4, -0.2) is 48.6 Å². The number of amides is 1. The summed E-state index contributed by atoms with van der Waals surface area (Å²) < 4.78 is 0. The summed E-state index contributed by atoms with van der Waals surface area (Å²) in [6.45, 7) is 2.95. The first-order valence-corrected chi connectivity index (χ1v) is 4.39. The SMILES string of the molecule is CC(C(=O)N(C)CC(=O)O)=C1CNC1. The van der Waals surface area contributed by atoms with Gasteiger partial charge in [-0.15, -0.1) is 0 Å². The predicted octanol–water partition coefficient (Wildman–Crippen LogP) is -0.551. The molecule has 1 heterocycles. The van der Waals surface area contributed by atoms with Crippen LogP contribution in [-0.2, 0) is 9.59 Å². The molecule has 14 heavy (non-hydrogen) atoms. The van der Waals surface area contributed by atoms with Gasteiger partial charge < -0.3 is 15.3 Å². The molecule has 0 atom stereocenters. The Labute approximate surface area is 82.4 Å². The normalized spacial score (nSPS) is 14.6. The van der Waals surface area contributed by atoms with Gasteiger partial charge in [-0.1, -0.05) is 0 Å². The molecular weight excluding hydrogens is 184 g/mol. The molecule has 0 bridgehead atoms. The van der Waals surface area contributed by atoms with E-state index in [2.05, 4.69) is 5.32 Å². The molecule has 1 fully saturated rings. The van der Waals surface area contributed by atoms with Crippen LogP contribution in [0.3, 0.4) is 0 Å². The molecule has 5 heteroatoms. The van der Waals surface area contributed by atoms with Crippen molar-refractivity contribution < 1.29 is 14.7 Å². The van der Waals surface area contributed by atoms with Crippen LogP contribution in [0, 0.1) is 0 Å². The fraction of sp³-hybridized carbons (Fsp3) is 0.556. The minimum absolute atomic E-state index is 0.205. The molecule has 1 aliphatic rings. The number of hydrogen-bond acceptors (Lipinski definition) is 3. The minimum Gasteiger partial charge on any atom is -0.480 e.